The van der Waals surface area contributed by atoms with Crippen LogP contribution in [0.2, 0.25) is 0 Å². The van der Waals surface area contributed by atoms with Gasteiger partial charge in [0.05, 0.1) is 11.6 Å². The molecule has 3 amide bonds. The molecule has 3 heterocycles. The van der Waals surface area contributed by atoms with E-state index in [1.165, 1.54) is 39.8 Å². The Kier molecular flexibility index (Phi) is 6.35. The lowest BCUT2D eigenvalue weighted by atomic mass is 10.0. The number of nitrogens with zero attached hydrogens (tertiary/aromatic N) is 4. The predicted octanol–water partition coefficient (Wildman–Crippen LogP) is 2.25. The summed E-state index contributed by atoms with van der Waals surface area (Å²) in [5.41, 5.74) is 1.53. The molecule has 164 valence electrons. The van der Waals surface area contributed by atoms with Crippen molar-refractivity contribution in [2.24, 2.45) is 0 Å². The van der Waals surface area contributed by atoms with E-state index in [1.807, 2.05) is 13.0 Å². The summed E-state index contributed by atoms with van der Waals surface area (Å²) in [6.07, 6.45) is 0. The zero-order chi connectivity index (χ0) is 22.8. The van der Waals surface area contributed by atoms with Gasteiger partial charge in [0.1, 0.15) is 22.1 Å². The number of anilines is 1. The lowest BCUT2D eigenvalue weighted by molar-refractivity contribution is -0.148. The van der Waals surface area contributed by atoms with Crippen LogP contribution >= 0.6 is 34.9 Å². The molecule has 3 N–H and O–H groups in total. The van der Waals surface area contributed by atoms with E-state index in [0.29, 0.717) is 28.3 Å². The molecule has 1 aromatic carbocycles. The van der Waals surface area contributed by atoms with Gasteiger partial charge in [-0.2, -0.15) is 5.26 Å². The van der Waals surface area contributed by atoms with Gasteiger partial charge in [-0.1, -0.05) is 23.1 Å². The van der Waals surface area contributed by atoms with Gasteiger partial charge in [0.15, 0.2) is 4.34 Å². The van der Waals surface area contributed by atoms with Crippen molar-refractivity contribution < 1.29 is 19.5 Å². The average molecular weight is 489 g/mol. The largest absolute Gasteiger partial charge is 0.477 e. The van der Waals surface area contributed by atoms with Crippen molar-refractivity contribution in [3.05, 3.63) is 46.1 Å². The summed E-state index contributed by atoms with van der Waals surface area (Å²) in [7, 11) is 0. The molecule has 1 aromatic heterocycles. The number of hydrogen-bond donors (Lipinski definition) is 3. The molecule has 0 spiro atoms. The van der Waals surface area contributed by atoms with E-state index >= 15 is 0 Å². The first-order chi connectivity index (χ1) is 15.4. The molecule has 10 nitrogen and oxygen atoms in total. The van der Waals surface area contributed by atoms with Crippen LogP contribution in [0.3, 0.4) is 0 Å². The number of carboxylic acid groups (broad SMARTS) is 1. The van der Waals surface area contributed by atoms with E-state index in [4.69, 9.17) is 5.26 Å². The number of thioether (sulfide) groups is 2. The summed E-state index contributed by atoms with van der Waals surface area (Å²) in [6.45, 7) is 1.84. The predicted molar refractivity (Wildman–Crippen MR) is 120 cm³/mol. The number of carbonyl (C=O) groups is 3. The number of fused-ring (bicyclic) bond motifs is 1. The zero-order valence-electron chi connectivity index (χ0n) is 16.6. The lowest BCUT2D eigenvalue weighted by Crippen LogP contribution is -2.71. The van der Waals surface area contributed by atoms with Crippen LogP contribution in [-0.4, -0.2) is 61.0 Å². The van der Waals surface area contributed by atoms with Crippen LogP contribution < -0.4 is 10.6 Å². The zero-order valence-corrected chi connectivity index (χ0v) is 19.0. The first-order valence-electron chi connectivity index (χ1n) is 9.28. The van der Waals surface area contributed by atoms with E-state index in [-0.39, 0.29) is 5.70 Å². The molecule has 0 aliphatic carbocycles. The van der Waals surface area contributed by atoms with Crippen LogP contribution in [-0.2, 0) is 9.59 Å². The number of carbonyl (C=O) groups excluding carboxylic acids is 2. The highest BCUT2D eigenvalue weighted by atomic mass is 32.2. The maximum Gasteiger partial charge on any atom is 0.352 e. The molecule has 2 aromatic rings. The Bertz CT molecular complexity index is 1160. The van der Waals surface area contributed by atoms with Crippen molar-refractivity contribution in [2.75, 3.05) is 16.8 Å². The lowest BCUT2D eigenvalue weighted by Gasteiger charge is -2.49. The van der Waals surface area contributed by atoms with Gasteiger partial charge in [-0.25, -0.2) is 9.59 Å². The third kappa shape index (κ3) is 4.43. The van der Waals surface area contributed by atoms with E-state index < -0.39 is 29.3 Å². The van der Waals surface area contributed by atoms with Crippen molar-refractivity contribution in [1.29, 1.82) is 5.26 Å². The highest BCUT2D eigenvalue weighted by Gasteiger charge is 2.54. The van der Waals surface area contributed by atoms with Crippen molar-refractivity contribution in [1.82, 2.24) is 20.4 Å². The van der Waals surface area contributed by atoms with Crippen LogP contribution in [0.1, 0.15) is 10.6 Å². The highest BCUT2D eigenvalue weighted by Crippen LogP contribution is 2.41. The van der Waals surface area contributed by atoms with Gasteiger partial charge in [-0.15, -0.1) is 22.0 Å². The molecule has 2 aliphatic heterocycles. The van der Waals surface area contributed by atoms with Gasteiger partial charge in [-0.3, -0.25) is 9.69 Å². The molecule has 2 atom stereocenters. The minimum Gasteiger partial charge on any atom is -0.477 e. The molecule has 32 heavy (non-hydrogen) atoms. The summed E-state index contributed by atoms with van der Waals surface area (Å²) in [5, 5.41) is 32.1. The first kappa shape index (κ1) is 22.1. The second-order valence-corrected chi connectivity index (χ2v) is 10.3. The number of β-lactam (4-membered cyclic amide) rings is 1. The molecule has 1 fully saturated rings. The fourth-order valence-corrected chi connectivity index (χ4v) is 6.52. The summed E-state index contributed by atoms with van der Waals surface area (Å²) >= 11 is 4.22. The van der Waals surface area contributed by atoms with Gasteiger partial charge in [0, 0.05) is 17.2 Å². The average Bonchev–Trinajstić information content (AvgIpc) is 3.20. The van der Waals surface area contributed by atoms with Crippen LogP contribution in [0.5, 0.6) is 0 Å². The Morgan fingerprint density at radius 1 is 1.34 bits per heavy atom. The molecule has 13 heteroatoms. The number of nitriles is 1. The number of aromatic nitrogens is 2. The van der Waals surface area contributed by atoms with E-state index in [0.717, 1.165) is 9.35 Å². The van der Waals surface area contributed by atoms with E-state index in [1.54, 1.807) is 24.3 Å². The minimum absolute atomic E-state index is 0.0296. The Labute approximate surface area is 195 Å². The van der Waals surface area contributed by atoms with Crippen LogP contribution in [0.4, 0.5) is 10.5 Å². The van der Waals surface area contributed by atoms with E-state index in [2.05, 4.69) is 20.8 Å². The number of aryl methyl sites for hydroxylation is 1. The normalized spacial score (nSPS) is 19.6. The van der Waals surface area contributed by atoms with Gasteiger partial charge < -0.3 is 15.7 Å². The van der Waals surface area contributed by atoms with Gasteiger partial charge >= 0.3 is 12.0 Å². The monoisotopic (exact) mass is 488 g/mol. The Balaban J connectivity index is 1.41. The van der Waals surface area contributed by atoms with Crippen LogP contribution in [0, 0.1) is 18.3 Å². The summed E-state index contributed by atoms with van der Waals surface area (Å²) in [6, 6.07) is 6.87. The topological polar surface area (TPSA) is 148 Å². The molecule has 1 unspecified atom stereocenters. The highest BCUT2D eigenvalue weighted by molar-refractivity contribution is 8.01. The van der Waals surface area contributed by atoms with Gasteiger partial charge in [0.25, 0.3) is 5.91 Å². The molecule has 0 saturated carbocycles. The standard InChI is InChI=1S/C19H16N6O4S3/c1-9-23-24-19(32-9)31-8-11-7-30-16-13(15(26)25(16)14(11)17(27)28)22-18(29)21-12-4-2-10(6-20)3-5-12/h2-5,13,16H,7-8H2,1H3,(H,27,28)(H2,21,22,29)/t13?,16-/m1/s1. The number of benzene rings is 1. The molecular weight excluding hydrogens is 472 g/mol. The maximum absolute atomic E-state index is 12.7. The molecule has 4 rings (SSSR count). The second-order valence-electron chi connectivity index (χ2n) is 6.81. The van der Waals surface area contributed by atoms with Crippen LogP contribution in [0.15, 0.2) is 39.9 Å². The van der Waals surface area contributed by atoms with Crippen molar-refractivity contribution in [3.8, 4) is 6.07 Å². The Morgan fingerprint density at radius 2 is 2.09 bits per heavy atom. The fourth-order valence-electron chi connectivity index (χ4n) is 3.22. The van der Waals surface area contributed by atoms with Crippen molar-refractivity contribution >= 4 is 58.5 Å². The third-order valence-corrected chi connectivity index (χ3v) is 8.08. The maximum atomic E-state index is 12.7. The molecule has 0 radical (unpaired) electrons. The molecule has 1 saturated heterocycles. The third-order valence-electron chi connectivity index (χ3n) is 4.69. The SMILES string of the molecule is Cc1nnc(SCC2=C(C(=O)O)N3C(=O)C(NC(=O)Nc4ccc(C#N)cc4)[C@H]3SC2)s1. The Hall–Kier alpha value is -3.08. The molecule has 2 aliphatic rings. The fraction of sp³-hybridized carbons (Fsp3) is 0.263. The van der Waals surface area contributed by atoms with Crippen LogP contribution in [0.25, 0.3) is 0 Å². The quantitative estimate of drug-likeness (QED) is 0.411. The number of rotatable bonds is 6. The van der Waals surface area contributed by atoms with Crippen molar-refractivity contribution in [3.63, 3.8) is 0 Å². The number of urea groups is 1. The Morgan fingerprint density at radius 3 is 2.72 bits per heavy atom. The molecular formula is C19H16N6O4S3. The van der Waals surface area contributed by atoms with Gasteiger partial charge in [-0.05, 0) is 36.8 Å². The first-order valence-corrected chi connectivity index (χ1v) is 12.1. The second kappa shape index (κ2) is 9.19. The number of amides is 3. The number of aliphatic carboxylic acids is 1. The number of nitrogens with one attached hydrogen (secondary N) is 2. The van der Waals surface area contributed by atoms with E-state index in [9.17, 15) is 19.5 Å². The minimum atomic E-state index is -1.17. The summed E-state index contributed by atoms with van der Waals surface area (Å²) in [4.78, 5) is 38.2. The summed E-state index contributed by atoms with van der Waals surface area (Å²) < 4.78 is 0.737. The molecule has 0 bridgehead atoms. The number of hydrogen-bond acceptors (Lipinski definition) is 9. The number of carboxylic acids is 1. The summed E-state index contributed by atoms with van der Waals surface area (Å²) in [5.74, 6) is -0.829. The smallest absolute Gasteiger partial charge is 0.352 e. The van der Waals surface area contributed by atoms with Crippen molar-refractivity contribution in [2.45, 2.75) is 22.7 Å². The van der Waals surface area contributed by atoms with Gasteiger partial charge in [0.2, 0.25) is 0 Å².